The van der Waals surface area contributed by atoms with Gasteiger partial charge in [-0.2, -0.15) is 0 Å². The molecule has 0 aromatic heterocycles. The molecule has 4 nitrogen and oxygen atoms in total. The molecule has 1 amide bonds. The number of hydrogen-bond acceptors (Lipinski definition) is 3. The highest BCUT2D eigenvalue weighted by atomic mass is 16.6. The summed E-state index contributed by atoms with van der Waals surface area (Å²) < 4.78 is 5.08. The Bertz CT molecular complexity index is 159. The van der Waals surface area contributed by atoms with Crippen LogP contribution < -0.4 is 10.6 Å². The van der Waals surface area contributed by atoms with Crippen LogP contribution in [0, 0.1) is 0 Å². The van der Waals surface area contributed by atoms with Crippen LogP contribution in [0.4, 0.5) is 4.79 Å². The highest BCUT2D eigenvalue weighted by Gasteiger charge is 2.17. The molecule has 4 heteroatoms. The number of ether oxygens (including phenoxy) is 1. The van der Waals surface area contributed by atoms with Crippen molar-refractivity contribution >= 4 is 6.09 Å². The monoisotopic (exact) mass is 188 g/mol. The smallest absolute Gasteiger partial charge is 0.408 e. The van der Waals surface area contributed by atoms with Crippen molar-refractivity contribution in [3.05, 3.63) is 0 Å². The fourth-order valence-electron chi connectivity index (χ4n) is 0.828. The van der Waals surface area contributed by atoms with Crippen LogP contribution >= 0.6 is 0 Å². The fourth-order valence-corrected chi connectivity index (χ4v) is 0.828. The molecule has 0 aliphatic heterocycles. The molecule has 0 aliphatic rings. The second kappa shape index (κ2) is 5.07. The quantitative estimate of drug-likeness (QED) is 0.659. The predicted octanol–water partition coefficient (Wildman–Crippen LogP) is 1.47. The third-order valence-corrected chi connectivity index (χ3v) is 1.45. The van der Waals surface area contributed by atoms with Crippen LogP contribution in [-0.2, 0) is 4.74 Å². The summed E-state index contributed by atoms with van der Waals surface area (Å²) in [5.41, 5.74) is -0.434. The number of carbonyl (C=O) groups is 1. The summed E-state index contributed by atoms with van der Waals surface area (Å²) in [5, 5.41) is 5.66. The Morgan fingerprint density at radius 2 is 2.00 bits per heavy atom. The summed E-state index contributed by atoms with van der Waals surface area (Å²) in [6, 6.07) is 0. The van der Waals surface area contributed by atoms with Crippen molar-refractivity contribution in [3.8, 4) is 0 Å². The molecular weight excluding hydrogens is 168 g/mol. The van der Waals surface area contributed by atoms with E-state index < -0.39 is 5.60 Å². The molecule has 0 aromatic carbocycles. The number of hydrogen-bond donors (Lipinski definition) is 2. The highest BCUT2D eigenvalue weighted by Crippen LogP contribution is 2.06. The van der Waals surface area contributed by atoms with Gasteiger partial charge in [0.05, 0.1) is 6.17 Å². The summed E-state index contributed by atoms with van der Waals surface area (Å²) in [6.45, 7) is 7.51. The minimum atomic E-state index is -0.434. The van der Waals surface area contributed by atoms with Crippen LogP contribution in [0.25, 0.3) is 0 Å². The molecule has 0 saturated carbocycles. The highest BCUT2D eigenvalue weighted by molar-refractivity contribution is 5.67. The van der Waals surface area contributed by atoms with Crippen LogP contribution in [0.5, 0.6) is 0 Å². The molecule has 0 spiro atoms. The van der Waals surface area contributed by atoms with E-state index >= 15 is 0 Å². The molecule has 2 N–H and O–H groups in total. The Balaban J connectivity index is 3.86. The van der Waals surface area contributed by atoms with Crippen molar-refractivity contribution in [2.45, 2.75) is 45.9 Å². The van der Waals surface area contributed by atoms with E-state index in [-0.39, 0.29) is 12.3 Å². The van der Waals surface area contributed by atoms with Crippen LogP contribution in [0.2, 0.25) is 0 Å². The molecule has 0 radical (unpaired) electrons. The first-order valence-corrected chi connectivity index (χ1v) is 4.56. The number of amides is 1. The second-order valence-corrected chi connectivity index (χ2v) is 3.90. The minimum Gasteiger partial charge on any atom is -0.444 e. The molecule has 0 saturated heterocycles. The molecule has 1 unspecified atom stereocenters. The average molecular weight is 188 g/mol. The lowest BCUT2D eigenvalue weighted by Crippen LogP contribution is -2.45. The van der Waals surface area contributed by atoms with E-state index in [9.17, 15) is 4.79 Å². The lowest BCUT2D eigenvalue weighted by Gasteiger charge is -2.22. The van der Waals surface area contributed by atoms with Crippen molar-refractivity contribution < 1.29 is 9.53 Å². The molecular formula is C9H20N2O2. The van der Waals surface area contributed by atoms with E-state index in [1.54, 1.807) is 7.05 Å². The summed E-state index contributed by atoms with van der Waals surface area (Å²) in [4.78, 5) is 11.2. The first-order valence-electron chi connectivity index (χ1n) is 4.56. The predicted molar refractivity (Wildman–Crippen MR) is 52.5 cm³/mol. The standard InChI is InChI=1S/C9H20N2O2/c1-6-7(10-5)11-8(12)13-9(2,3)4/h7,10H,6H2,1-5H3,(H,11,12). The molecule has 0 aliphatic carbocycles. The van der Waals surface area contributed by atoms with Crippen molar-refractivity contribution in [2.75, 3.05) is 7.05 Å². The second-order valence-electron chi connectivity index (χ2n) is 3.90. The first kappa shape index (κ1) is 12.2. The van der Waals surface area contributed by atoms with Gasteiger partial charge in [-0.3, -0.25) is 0 Å². The topological polar surface area (TPSA) is 50.4 Å². The zero-order valence-corrected chi connectivity index (χ0v) is 9.10. The van der Waals surface area contributed by atoms with Crippen LogP contribution in [0.15, 0.2) is 0 Å². The lowest BCUT2D eigenvalue weighted by atomic mass is 10.2. The van der Waals surface area contributed by atoms with Gasteiger partial charge in [-0.1, -0.05) is 6.92 Å². The van der Waals surface area contributed by atoms with Gasteiger partial charge in [0, 0.05) is 0 Å². The number of rotatable bonds is 3. The molecule has 0 aromatic rings. The number of nitrogens with one attached hydrogen (secondary N) is 2. The zero-order valence-electron chi connectivity index (χ0n) is 9.10. The Hall–Kier alpha value is -0.770. The number of carbonyl (C=O) groups excluding carboxylic acids is 1. The summed E-state index contributed by atoms with van der Waals surface area (Å²) in [7, 11) is 1.80. The summed E-state index contributed by atoms with van der Waals surface area (Å²) >= 11 is 0. The van der Waals surface area contributed by atoms with Crippen molar-refractivity contribution in [1.82, 2.24) is 10.6 Å². The number of alkyl carbamates (subject to hydrolysis) is 1. The SMILES string of the molecule is CCC(NC)NC(=O)OC(C)(C)C. The Morgan fingerprint density at radius 1 is 1.46 bits per heavy atom. The molecule has 78 valence electrons. The molecule has 0 bridgehead atoms. The van der Waals surface area contributed by atoms with Crippen LogP contribution in [-0.4, -0.2) is 24.9 Å². The van der Waals surface area contributed by atoms with Gasteiger partial charge in [0.2, 0.25) is 0 Å². The van der Waals surface area contributed by atoms with Crippen molar-refractivity contribution in [3.63, 3.8) is 0 Å². The molecule has 13 heavy (non-hydrogen) atoms. The maximum atomic E-state index is 11.2. The third-order valence-electron chi connectivity index (χ3n) is 1.45. The Kier molecular flexibility index (Phi) is 4.77. The van der Waals surface area contributed by atoms with Crippen molar-refractivity contribution in [1.29, 1.82) is 0 Å². The van der Waals surface area contributed by atoms with Gasteiger partial charge in [0.1, 0.15) is 5.60 Å². The summed E-state index contributed by atoms with van der Waals surface area (Å²) in [6.07, 6.45) is 0.430. The zero-order chi connectivity index (χ0) is 10.5. The van der Waals surface area contributed by atoms with Crippen molar-refractivity contribution in [2.24, 2.45) is 0 Å². The van der Waals surface area contributed by atoms with E-state index in [0.717, 1.165) is 6.42 Å². The van der Waals surface area contributed by atoms with Gasteiger partial charge in [0.25, 0.3) is 0 Å². The summed E-state index contributed by atoms with van der Waals surface area (Å²) in [5.74, 6) is 0. The third kappa shape index (κ3) is 6.40. The maximum Gasteiger partial charge on any atom is 0.408 e. The van der Waals surface area contributed by atoms with Gasteiger partial charge in [-0.15, -0.1) is 0 Å². The molecule has 0 heterocycles. The Morgan fingerprint density at radius 3 is 2.31 bits per heavy atom. The van der Waals surface area contributed by atoms with Gasteiger partial charge in [-0.05, 0) is 34.2 Å². The Labute approximate surface area is 80.0 Å². The maximum absolute atomic E-state index is 11.2. The van der Waals surface area contributed by atoms with Crippen LogP contribution in [0.1, 0.15) is 34.1 Å². The van der Waals surface area contributed by atoms with Gasteiger partial charge in [0.15, 0.2) is 0 Å². The first-order chi connectivity index (χ1) is 5.89. The molecule has 0 rings (SSSR count). The van der Waals surface area contributed by atoms with E-state index in [2.05, 4.69) is 10.6 Å². The lowest BCUT2D eigenvalue weighted by molar-refractivity contribution is 0.0495. The van der Waals surface area contributed by atoms with E-state index in [1.165, 1.54) is 0 Å². The van der Waals surface area contributed by atoms with E-state index in [0.29, 0.717) is 0 Å². The molecule has 1 atom stereocenters. The van der Waals surface area contributed by atoms with Gasteiger partial charge in [-0.25, -0.2) is 4.79 Å². The van der Waals surface area contributed by atoms with Gasteiger partial charge < -0.3 is 15.4 Å². The average Bonchev–Trinajstić information content (AvgIpc) is 1.96. The normalized spacial score (nSPS) is 13.6. The largest absolute Gasteiger partial charge is 0.444 e. The fraction of sp³-hybridized carbons (Fsp3) is 0.889. The van der Waals surface area contributed by atoms with E-state index in [1.807, 2.05) is 27.7 Å². The molecule has 0 fully saturated rings. The van der Waals surface area contributed by atoms with E-state index in [4.69, 9.17) is 4.74 Å². The minimum absolute atomic E-state index is 0.0187. The van der Waals surface area contributed by atoms with Crippen LogP contribution in [0.3, 0.4) is 0 Å². The van der Waals surface area contributed by atoms with Gasteiger partial charge >= 0.3 is 6.09 Å².